The molecule has 0 amide bonds. The van der Waals surface area contributed by atoms with Gasteiger partial charge in [0.1, 0.15) is 24.7 Å². The SMILES string of the molecule is Cc1ccnc(-c2cccc(-c3ccc(COCCOCCOc4ccc5ccccc5c4-c4c(OCCOCCOCc5ccc(-c6cccc(-c7cc(C)ccn7)n6)nc5)ccc5ccccc45)cn3)n2)c1. The minimum Gasteiger partial charge on any atom is -0.491 e. The van der Waals surface area contributed by atoms with E-state index in [1.807, 2.05) is 135 Å². The van der Waals surface area contributed by atoms with Gasteiger partial charge in [0.25, 0.3) is 0 Å². The Morgan fingerprint density at radius 1 is 0.338 bits per heavy atom. The number of pyridine rings is 6. The van der Waals surface area contributed by atoms with Gasteiger partial charge < -0.3 is 28.4 Å². The van der Waals surface area contributed by atoms with Crippen molar-refractivity contribution in [3.63, 3.8) is 0 Å². The van der Waals surface area contributed by atoms with E-state index >= 15 is 0 Å². The first-order valence-corrected chi connectivity index (χ1v) is 24.8. The highest BCUT2D eigenvalue weighted by molar-refractivity contribution is 6.09. The predicted octanol–water partition coefficient (Wildman–Crippen LogP) is 12.5. The zero-order valence-electron chi connectivity index (χ0n) is 41.5. The van der Waals surface area contributed by atoms with Gasteiger partial charge in [-0.3, -0.25) is 19.9 Å². The zero-order chi connectivity index (χ0) is 50.3. The van der Waals surface area contributed by atoms with Crippen LogP contribution in [0.5, 0.6) is 11.5 Å². The fourth-order valence-corrected chi connectivity index (χ4v) is 8.62. The van der Waals surface area contributed by atoms with E-state index in [-0.39, 0.29) is 0 Å². The molecule has 370 valence electrons. The van der Waals surface area contributed by atoms with Crippen molar-refractivity contribution in [3.8, 4) is 68.2 Å². The van der Waals surface area contributed by atoms with Gasteiger partial charge in [0.15, 0.2) is 0 Å². The molecule has 0 aliphatic carbocycles. The third-order valence-electron chi connectivity index (χ3n) is 12.3. The third-order valence-corrected chi connectivity index (χ3v) is 12.3. The summed E-state index contributed by atoms with van der Waals surface area (Å²) < 4.78 is 36.9. The van der Waals surface area contributed by atoms with E-state index in [1.165, 1.54) is 0 Å². The first-order valence-electron chi connectivity index (χ1n) is 24.8. The Kier molecular flexibility index (Phi) is 16.3. The van der Waals surface area contributed by atoms with Crippen LogP contribution in [0.2, 0.25) is 0 Å². The second kappa shape index (κ2) is 24.4. The molecule has 0 aliphatic rings. The average Bonchev–Trinajstić information content (AvgIpc) is 3.45. The Bertz CT molecular complexity index is 3230. The molecule has 6 heterocycles. The topological polar surface area (TPSA) is 133 Å². The average molecular weight is 981 g/mol. The van der Waals surface area contributed by atoms with E-state index in [9.17, 15) is 0 Å². The van der Waals surface area contributed by atoms with E-state index in [0.717, 1.165) is 112 Å². The Labute approximate surface area is 431 Å². The van der Waals surface area contributed by atoms with Crippen LogP contribution in [0.1, 0.15) is 22.3 Å². The number of rotatable bonds is 23. The highest BCUT2D eigenvalue weighted by atomic mass is 16.5. The molecule has 0 saturated heterocycles. The summed E-state index contributed by atoms with van der Waals surface area (Å²) in [6, 6.07) is 52.7. The molecule has 0 fully saturated rings. The van der Waals surface area contributed by atoms with Crippen LogP contribution in [0.15, 0.2) is 183 Å². The first-order chi connectivity index (χ1) is 36.5. The molecule has 6 aromatic heterocycles. The molecule has 12 nitrogen and oxygen atoms in total. The Hall–Kier alpha value is -8.26. The van der Waals surface area contributed by atoms with Crippen molar-refractivity contribution < 1.29 is 28.4 Å². The quantitative estimate of drug-likeness (QED) is 0.0565. The molecule has 0 bridgehead atoms. The van der Waals surface area contributed by atoms with E-state index in [1.54, 1.807) is 12.4 Å². The van der Waals surface area contributed by atoms with E-state index in [4.69, 9.17) is 38.4 Å². The fourth-order valence-electron chi connectivity index (χ4n) is 8.62. The molecule has 10 aromatic rings. The van der Waals surface area contributed by atoms with Crippen molar-refractivity contribution >= 4 is 21.5 Å². The van der Waals surface area contributed by atoms with Gasteiger partial charge in [0, 0.05) is 35.9 Å². The van der Waals surface area contributed by atoms with Crippen molar-refractivity contribution in [2.75, 3.05) is 52.9 Å². The maximum Gasteiger partial charge on any atom is 0.128 e. The van der Waals surface area contributed by atoms with Crippen LogP contribution in [0.25, 0.3) is 78.2 Å². The van der Waals surface area contributed by atoms with Crippen LogP contribution in [-0.4, -0.2) is 82.8 Å². The standard InChI is InChI=1S/C62H56N6O6/c1-43-25-27-63-57(37-43)55-15-7-13-53(67-55)51-21-17-45(39-65-51)41-71-31-29-69-33-35-73-59-23-19-47-9-3-5-11-49(47)61(59)62-50-12-6-4-10-48(50)20-24-60(62)74-36-34-70-30-32-72-42-46-18-22-52(66-40-46)54-14-8-16-56(68-54)58-38-44(2)26-28-64-58/h3-28,37-40H,29-36,41-42H2,1-2H3. The molecule has 4 aromatic carbocycles. The van der Waals surface area contributed by atoms with Crippen LogP contribution in [0, 0.1) is 13.8 Å². The van der Waals surface area contributed by atoms with Crippen LogP contribution >= 0.6 is 0 Å². The van der Waals surface area contributed by atoms with Gasteiger partial charge in [-0.1, -0.05) is 84.9 Å². The molecular formula is C62H56N6O6. The van der Waals surface area contributed by atoms with Gasteiger partial charge in [0.05, 0.1) is 98.4 Å². The number of ether oxygens (including phenoxy) is 6. The lowest BCUT2D eigenvalue weighted by Gasteiger charge is -2.20. The maximum absolute atomic E-state index is 6.54. The molecule has 0 unspecified atom stereocenters. The van der Waals surface area contributed by atoms with Crippen molar-refractivity contribution in [1.29, 1.82) is 0 Å². The van der Waals surface area contributed by atoms with Gasteiger partial charge in [-0.15, -0.1) is 0 Å². The largest absolute Gasteiger partial charge is 0.491 e. The van der Waals surface area contributed by atoms with Gasteiger partial charge in [-0.25, -0.2) is 9.97 Å². The molecule has 10 rings (SSSR count). The summed E-state index contributed by atoms with van der Waals surface area (Å²) in [7, 11) is 0. The molecular weight excluding hydrogens is 925 g/mol. The molecule has 0 radical (unpaired) electrons. The molecule has 0 atom stereocenters. The molecule has 0 saturated carbocycles. The monoisotopic (exact) mass is 980 g/mol. The summed E-state index contributed by atoms with van der Waals surface area (Å²) >= 11 is 0. The number of aromatic nitrogens is 6. The van der Waals surface area contributed by atoms with E-state index < -0.39 is 0 Å². The zero-order valence-corrected chi connectivity index (χ0v) is 41.5. The van der Waals surface area contributed by atoms with Crippen LogP contribution in [-0.2, 0) is 32.2 Å². The van der Waals surface area contributed by atoms with Gasteiger partial charge in [0.2, 0.25) is 0 Å². The lowest BCUT2D eigenvalue weighted by atomic mass is 9.92. The lowest BCUT2D eigenvalue weighted by molar-refractivity contribution is 0.0302. The second-order valence-corrected chi connectivity index (χ2v) is 17.7. The molecule has 0 spiro atoms. The van der Waals surface area contributed by atoms with Crippen molar-refractivity contribution in [1.82, 2.24) is 29.9 Å². The molecule has 74 heavy (non-hydrogen) atoms. The minimum absolute atomic E-state index is 0.351. The summed E-state index contributed by atoms with van der Waals surface area (Å²) in [5.74, 6) is 1.49. The summed E-state index contributed by atoms with van der Waals surface area (Å²) in [6.45, 7) is 8.11. The van der Waals surface area contributed by atoms with Crippen molar-refractivity contribution in [2.24, 2.45) is 0 Å². The van der Waals surface area contributed by atoms with Gasteiger partial charge in [-0.05, 0) is 130 Å². The predicted molar refractivity (Wildman–Crippen MR) is 290 cm³/mol. The molecule has 12 heteroatoms. The maximum atomic E-state index is 6.54. The van der Waals surface area contributed by atoms with E-state index in [0.29, 0.717) is 66.1 Å². The highest BCUT2D eigenvalue weighted by Crippen LogP contribution is 2.45. The Balaban J connectivity index is 0.695. The summed E-state index contributed by atoms with van der Waals surface area (Å²) in [6.07, 6.45) is 7.26. The highest BCUT2D eigenvalue weighted by Gasteiger charge is 2.19. The number of hydrogen-bond donors (Lipinski definition) is 0. The van der Waals surface area contributed by atoms with Gasteiger partial charge in [-0.2, -0.15) is 0 Å². The number of hydrogen-bond acceptors (Lipinski definition) is 12. The van der Waals surface area contributed by atoms with Crippen molar-refractivity contribution in [2.45, 2.75) is 27.1 Å². The summed E-state index contributed by atoms with van der Waals surface area (Å²) in [4.78, 5) is 27.9. The second-order valence-electron chi connectivity index (χ2n) is 17.7. The number of nitrogens with zero attached hydrogens (tertiary/aromatic N) is 6. The Morgan fingerprint density at radius 3 is 1.19 bits per heavy atom. The third kappa shape index (κ3) is 12.5. The summed E-state index contributed by atoms with van der Waals surface area (Å²) in [5.41, 5.74) is 12.6. The van der Waals surface area contributed by atoms with Crippen LogP contribution in [0.4, 0.5) is 0 Å². The van der Waals surface area contributed by atoms with Gasteiger partial charge >= 0.3 is 0 Å². The first kappa shape index (κ1) is 49.3. The number of aryl methyl sites for hydroxylation is 2. The van der Waals surface area contributed by atoms with Crippen molar-refractivity contribution in [3.05, 3.63) is 205 Å². The smallest absolute Gasteiger partial charge is 0.128 e. The Morgan fingerprint density at radius 2 is 0.757 bits per heavy atom. The van der Waals surface area contributed by atoms with E-state index in [2.05, 4.69) is 68.5 Å². The lowest BCUT2D eigenvalue weighted by Crippen LogP contribution is -2.12. The number of benzene rings is 4. The molecule has 0 aliphatic heterocycles. The number of fused-ring (bicyclic) bond motifs is 2. The normalized spacial score (nSPS) is 11.3. The summed E-state index contributed by atoms with van der Waals surface area (Å²) in [5, 5.41) is 4.32. The van der Waals surface area contributed by atoms with Crippen LogP contribution < -0.4 is 9.47 Å². The van der Waals surface area contributed by atoms with Crippen LogP contribution in [0.3, 0.4) is 0 Å². The fraction of sp³-hybridized carbons (Fsp3) is 0.194. The molecule has 0 N–H and O–H groups in total. The minimum atomic E-state index is 0.351.